The molecule has 0 unspecified atom stereocenters. The summed E-state index contributed by atoms with van der Waals surface area (Å²) in [6.07, 6.45) is 3.22. The molecule has 2 aromatic heterocycles. The minimum absolute atomic E-state index is 0.432. The Labute approximate surface area is 105 Å². The third-order valence-corrected chi connectivity index (χ3v) is 3.89. The Morgan fingerprint density at radius 2 is 2.24 bits per heavy atom. The summed E-state index contributed by atoms with van der Waals surface area (Å²) in [5.74, 6) is 3.14. The molecule has 2 rings (SSSR count). The number of imidazole rings is 1. The molecule has 6 heteroatoms. The summed E-state index contributed by atoms with van der Waals surface area (Å²) >= 11 is 1.94. The lowest BCUT2D eigenvalue weighted by Crippen LogP contribution is -2.31. The zero-order chi connectivity index (χ0) is 12.3. The molecular formula is C11H17N5S. The fourth-order valence-corrected chi connectivity index (χ4v) is 2.43. The smallest absolute Gasteiger partial charge is 0.182 e. The van der Waals surface area contributed by atoms with E-state index in [2.05, 4.69) is 45.7 Å². The lowest BCUT2D eigenvalue weighted by molar-refractivity contribution is 0.754. The maximum atomic E-state index is 4.34. The van der Waals surface area contributed by atoms with Crippen LogP contribution in [0.15, 0.2) is 12.7 Å². The van der Waals surface area contributed by atoms with Crippen LogP contribution >= 0.6 is 11.8 Å². The van der Waals surface area contributed by atoms with E-state index < -0.39 is 0 Å². The largest absolute Gasteiger partial charge is 0.354 e. The molecule has 0 saturated heterocycles. The Kier molecular flexibility index (Phi) is 3.83. The lowest BCUT2D eigenvalue weighted by Gasteiger charge is -2.25. The number of aromatic amines is 1. The second kappa shape index (κ2) is 5.35. The highest BCUT2D eigenvalue weighted by Gasteiger charge is 2.15. The molecule has 0 aliphatic carbocycles. The standard InChI is InChI=1S/C11H17N5S/c1-4-17-5-8(2)16(3)11-9-10(13-6-12-9)14-7-15-11/h6-8H,4-5H2,1-3H3,(H,12,13,14,15)/t8-/m0/s1. The van der Waals surface area contributed by atoms with Crippen molar-refractivity contribution in [1.82, 2.24) is 19.9 Å². The molecular weight excluding hydrogens is 234 g/mol. The Bertz CT molecular complexity index is 483. The number of nitrogens with one attached hydrogen (secondary N) is 1. The highest BCUT2D eigenvalue weighted by atomic mass is 32.2. The quantitative estimate of drug-likeness (QED) is 0.880. The van der Waals surface area contributed by atoms with Gasteiger partial charge in [0.25, 0.3) is 0 Å². The zero-order valence-corrected chi connectivity index (χ0v) is 11.2. The van der Waals surface area contributed by atoms with Gasteiger partial charge in [-0.25, -0.2) is 15.0 Å². The van der Waals surface area contributed by atoms with Crippen LogP contribution in [0, 0.1) is 0 Å². The summed E-state index contributed by atoms with van der Waals surface area (Å²) in [6, 6.07) is 0.432. The Hall–Kier alpha value is -1.30. The Balaban J connectivity index is 2.23. The highest BCUT2D eigenvalue weighted by Crippen LogP contribution is 2.21. The molecule has 2 aromatic rings. The SMILES string of the molecule is CCSC[C@H](C)N(C)c1ncnc2nc[nH]c12. The topological polar surface area (TPSA) is 57.7 Å². The lowest BCUT2D eigenvalue weighted by atomic mass is 10.3. The van der Waals surface area contributed by atoms with Gasteiger partial charge in [-0.15, -0.1) is 0 Å². The fourth-order valence-electron chi connectivity index (χ4n) is 1.63. The first-order valence-electron chi connectivity index (χ1n) is 5.68. The molecule has 0 radical (unpaired) electrons. The van der Waals surface area contributed by atoms with Crippen LogP contribution < -0.4 is 4.90 Å². The summed E-state index contributed by atoms with van der Waals surface area (Å²) in [5, 5.41) is 0. The van der Waals surface area contributed by atoms with Crippen LogP contribution in [0.3, 0.4) is 0 Å². The Morgan fingerprint density at radius 3 is 3.00 bits per heavy atom. The van der Waals surface area contributed by atoms with E-state index in [1.54, 1.807) is 12.7 Å². The first kappa shape index (κ1) is 12.2. The van der Waals surface area contributed by atoms with Gasteiger partial charge in [-0.05, 0) is 12.7 Å². The number of H-pyrrole nitrogens is 1. The van der Waals surface area contributed by atoms with E-state index in [9.17, 15) is 0 Å². The maximum absolute atomic E-state index is 4.34. The van der Waals surface area contributed by atoms with Crippen LogP contribution in [0.4, 0.5) is 5.82 Å². The number of fused-ring (bicyclic) bond motifs is 1. The number of rotatable bonds is 5. The first-order chi connectivity index (χ1) is 8.24. The van der Waals surface area contributed by atoms with E-state index in [4.69, 9.17) is 0 Å². The van der Waals surface area contributed by atoms with Gasteiger partial charge >= 0.3 is 0 Å². The molecule has 92 valence electrons. The number of hydrogen-bond acceptors (Lipinski definition) is 5. The number of aromatic nitrogens is 4. The van der Waals surface area contributed by atoms with Crippen molar-refractivity contribution in [3.05, 3.63) is 12.7 Å². The third-order valence-electron chi connectivity index (χ3n) is 2.76. The minimum Gasteiger partial charge on any atom is -0.354 e. The van der Waals surface area contributed by atoms with Crippen LogP contribution in [-0.2, 0) is 0 Å². The van der Waals surface area contributed by atoms with Crippen molar-refractivity contribution < 1.29 is 0 Å². The normalized spacial score (nSPS) is 12.9. The molecule has 1 N–H and O–H groups in total. The molecule has 0 aliphatic heterocycles. The van der Waals surface area contributed by atoms with Gasteiger partial charge in [-0.3, -0.25) is 0 Å². The molecule has 5 nitrogen and oxygen atoms in total. The van der Waals surface area contributed by atoms with E-state index in [0.29, 0.717) is 6.04 Å². The second-order valence-electron chi connectivity index (χ2n) is 3.92. The number of hydrogen-bond donors (Lipinski definition) is 1. The monoisotopic (exact) mass is 251 g/mol. The zero-order valence-electron chi connectivity index (χ0n) is 10.3. The van der Waals surface area contributed by atoms with Gasteiger partial charge in [0.15, 0.2) is 11.5 Å². The van der Waals surface area contributed by atoms with Gasteiger partial charge in [0.2, 0.25) is 0 Å². The molecule has 0 aliphatic rings. The fraction of sp³-hybridized carbons (Fsp3) is 0.545. The first-order valence-corrected chi connectivity index (χ1v) is 6.84. The average molecular weight is 251 g/mol. The molecule has 0 bridgehead atoms. The maximum Gasteiger partial charge on any atom is 0.182 e. The third kappa shape index (κ3) is 2.52. The number of nitrogens with zero attached hydrogens (tertiary/aromatic N) is 4. The van der Waals surface area contributed by atoms with Crippen LogP contribution in [0.1, 0.15) is 13.8 Å². The van der Waals surface area contributed by atoms with Gasteiger partial charge in [0.05, 0.1) is 6.33 Å². The molecule has 0 saturated carbocycles. The summed E-state index contributed by atoms with van der Waals surface area (Å²) in [5.41, 5.74) is 1.63. The van der Waals surface area contributed by atoms with E-state index >= 15 is 0 Å². The van der Waals surface area contributed by atoms with Crippen molar-refractivity contribution in [2.75, 3.05) is 23.5 Å². The van der Waals surface area contributed by atoms with Crippen molar-refractivity contribution in [2.45, 2.75) is 19.9 Å². The van der Waals surface area contributed by atoms with E-state index in [-0.39, 0.29) is 0 Å². The van der Waals surface area contributed by atoms with Crippen molar-refractivity contribution in [2.24, 2.45) is 0 Å². The van der Waals surface area contributed by atoms with Gasteiger partial charge in [-0.1, -0.05) is 6.92 Å². The number of anilines is 1. The Morgan fingerprint density at radius 1 is 1.41 bits per heavy atom. The predicted molar refractivity (Wildman–Crippen MR) is 72.5 cm³/mol. The minimum atomic E-state index is 0.432. The van der Waals surface area contributed by atoms with Crippen LogP contribution in [0.2, 0.25) is 0 Å². The molecule has 0 spiro atoms. The predicted octanol–water partition coefficient (Wildman–Crippen LogP) is 1.93. The highest BCUT2D eigenvalue weighted by molar-refractivity contribution is 7.99. The second-order valence-corrected chi connectivity index (χ2v) is 5.24. The molecule has 17 heavy (non-hydrogen) atoms. The molecule has 0 fully saturated rings. The summed E-state index contributed by atoms with van der Waals surface area (Å²) in [4.78, 5) is 17.9. The summed E-state index contributed by atoms with van der Waals surface area (Å²) in [7, 11) is 2.06. The van der Waals surface area contributed by atoms with Crippen molar-refractivity contribution in [3.63, 3.8) is 0 Å². The molecule has 0 amide bonds. The van der Waals surface area contributed by atoms with Crippen LogP contribution in [0.25, 0.3) is 11.2 Å². The van der Waals surface area contributed by atoms with Gasteiger partial charge < -0.3 is 9.88 Å². The molecule has 2 heterocycles. The summed E-state index contributed by atoms with van der Waals surface area (Å²) < 4.78 is 0. The van der Waals surface area contributed by atoms with Crippen molar-refractivity contribution in [1.29, 1.82) is 0 Å². The van der Waals surface area contributed by atoms with Crippen molar-refractivity contribution >= 4 is 28.7 Å². The van der Waals surface area contributed by atoms with Gasteiger partial charge in [0, 0.05) is 18.8 Å². The van der Waals surface area contributed by atoms with Gasteiger partial charge in [0.1, 0.15) is 11.8 Å². The number of thioether (sulfide) groups is 1. The van der Waals surface area contributed by atoms with Crippen molar-refractivity contribution in [3.8, 4) is 0 Å². The van der Waals surface area contributed by atoms with Crippen LogP contribution in [0.5, 0.6) is 0 Å². The average Bonchev–Trinajstić information content (AvgIpc) is 2.82. The van der Waals surface area contributed by atoms with E-state index in [0.717, 1.165) is 28.5 Å². The molecule has 1 atom stereocenters. The summed E-state index contributed by atoms with van der Waals surface area (Å²) in [6.45, 7) is 4.38. The van der Waals surface area contributed by atoms with E-state index in [1.165, 1.54) is 0 Å². The van der Waals surface area contributed by atoms with Gasteiger partial charge in [-0.2, -0.15) is 11.8 Å². The van der Waals surface area contributed by atoms with E-state index in [1.807, 2.05) is 11.8 Å². The molecule has 0 aromatic carbocycles. The van der Waals surface area contributed by atoms with Crippen LogP contribution in [-0.4, -0.2) is 44.5 Å².